The third-order valence-electron chi connectivity index (χ3n) is 3.25. The number of carbonyl (C=O) groups excluding carboxylic acids is 1. The largest absolute Gasteiger partial charge is 0.489 e. The average molecular weight is 418 g/mol. The molecule has 0 aliphatic rings. The second kappa shape index (κ2) is 15.3. The number of hydrogen-bond acceptors (Lipinski definition) is 3. The van der Waals surface area contributed by atoms with Crippen molar-refractivity contribution < 1.29 is 14.3 Å². The van der Waals surface area contributed by atoms with E-state index in [2.05, 4.69) is 49.4 Å². The highest BCUT2D eigenvalue weighted by atomic mass is 35.5. The Labute approximate surface area is 180 Å². The zero-order chi connectivity index (χ0) is 22.1. The van der Waals surface area contributed by atoms with Gasteiger partial charge < -0.3 is 14.8 Å². The molecule has 2 aromatic rings. The Balaban J connectivity index is 0.000000512. The van der Waals surface area contributed by atoms with Crippen LogP contribution in [-0.2, 0) is 11.3 Å². The van der Waals surface area contributed by atoms with E-state index in [1.807, 2.05) is 51.1 Å². The van der Waals surface area contributed by atoms with Crippen molar-refractivity contribution in [2.45, 2.75) is 46.3 Å². The van der Waals surface area contributed by atoms with E-state index in [0.717, 1.165) is 12.2 Å². The fourth-order valence-electron chi connectivity index (χ4n) is 1.95. The third-order valence-corrected chi connectivity index (χ3v) is 3.52. The summed E-state index contributed by atoms with van der Waals surface area (Å²) < 4.78 is 10.6. The summed E-state index contributed by atoms with van der Waals surface area (Å²) >= 11 is 5.43. The summed E-state index contributed by atoms with van der Waals surface area (Å²) in [5, 5.41) is 2.59. The van der Waals surface area contributed by atoms with Gasteiger partial charge in [0.2, 0.25) is 0 Å². The normalized spacial score (nSPS) is 9.76. The molecule has 0 atom stereocenters. The molecule has 0 unspecified atom stereocenters. The highest BCUT2D eigenvalue weighted by Crippen LogP contribution is 2.13. The molecule has 158 valence electrons. The number of aryl methyl sites for hydroxylation is 1. The van der Waals surface area contributed by atoms with Crippen LogP contribution < -0.4 is 10.1 Å². The van der Waals surface area contributed by atoms with Crippen LogP contribution in [0.3, 0.4) is 0 Å². The van der Waals surface area contributed by atoms with E-state index in [1.165, 1.54) is 11.1 Å². The summed E-state index contributed by atoms with van der Waals surface area (Å²) in [6, 6.07) is 18.3. The number of halogens is 1. The minimum Gasteiger partial charge on any atom is -0.489 e. The van der Waals surface area contributed by atoms with Gasteiger partial charge in [-0.2, -0.15) is 0 Å². The second-order valence-electron chi connectivity index (χ2n) is 7.06. The van der Waals surface area contributed by atoms with Crippen LogP contribution in [0.1, 0.15) is 38.3 Å². The summed E-state index contributed by atoms with van der Waals surface area (Å²) in [5.41, 5.74) is 2.02. The molecule has 0 aliphatic carbocycles. The van der Waals surface area contributed by atoms with Crippen LogP contribution in [0.4, 0.5) is 4.79 Å². The van der Waals surface area contributed by atoms with Gasteiger partial charge in [0.15, 0.2) is 0 Å². The molecule has 0 radical (unpaired) electrons. The quantitative estimate of drug-likeness (QED) is 0.358. The summed E-state index contributed by atoms with van der Waals surface area (Å²) in [7, 11) is 0. The van der Waals surface area contributed by atoms with Crippen molar-refractivity contribution in [3.8, 4) is 18.6 Å². The molecule has 2 aromatic carbocycles. The number of terminal acetylenes is 1. The van der Waals surface area contributed by atoms with Gasteiger partial charge in [-0.3, -0.25) is 0 Å². The molecule has 2 rings (SSSR count). The smallest absolute Gasteiger partial charge is 0.407 e. The maximum Gasteiger partial charge on any atom is 0.407 e. The molecule has 5 heteroatoms. The first-order valence-electron chi connectivity index (χ1n) is 9.39. The predicted octanol–water partition coefficient (Wildman–Crippen LogP) is 5.96. The fraction of sp³-hybridized carbons (Fsp3) is 0.375. The van der Waals surface area contributed by atoms with Crippen molar-refractivity contribution >= 4 is 17.7 Å². The monoisotopic (exact) mass is 417 g/mol. The van der Waals surface area contributed by atoms with Crippen LogP contribution in [0.2, 0.25) is 0 Å². The Morgan fingerprint density at radius 1 is 1.03 bits per heavy atom. The Hall–Kier alpha value is -2.64. The standard InChI is InChI=1S/C14H14O.C8H16ClNO2.C2H2/c1-12-7-9-14(10-8-12)15-11-13-5-3-2-4-6-13;1-8(2,3)12-7(11)10-6-4-5-9;1-2/h2-10H,11H2,1H3;4-6H2,1-3H3,(H,10,11);1-2H. The molecule has 1 amide bonds. The molecule has 0 saturated carbocycles. The lowest BCUT2D eigenvalue weighted by atomic mass is 10.2. The minimum atomic E-state index is -0.426. The van der Waals surface area contributed by atoms with Crippen molar-refractivity contribution in [3.63, 3.8) is 0 Å². The fourth-order valence-corrected chi connectivity index (χ4v) is 2.08. The number of alkyl halides is 1. The SMILES string of the molecule is C#C.CC(C)(C)OC(=O)NCCCCl.Cc1ccc(OCc2ccccc2)cc1. The van der Waals surface area contributed by atoms with Crippen LogP contribution in [-0.4, -0.2) is 24.1 Å². The topological polar surface area (TPSA) is 47.6 Å². The average Bonchev–Trinajstić information content (AvgIpc) is 2.69. The van der Waals surface area contributed by atoms with Crippen molar-refractivity contribution in [2.24, 2.45) is 0 Å². The van der Waals surface area contributed by atoms with Gasteiger partial charge in [0.05, 0.1) is 0 Å². The third kappa shape index (κ3) is 15.0. The van der Waals surface area contributed by atoms with E-state index < -0.39 is 5.60 Å². The summed E-state index contributed by atoms with van der Waals surface area (Å²) in [4.78, 5) is 11.0. The molecule has 0 spiro atoms. The molecule has 0 aliphatic heterocycles. The van der Waals surface area contributed by atoms with Crippen molar-refractivity contribution in [2.75, 3.05) is 12.4 Å². The van der Waals surface area contributed by atoms with Gasteiger partial charge in [-0.1, -0.05) is 48.0 Å². The number of nitrogens with one attached hydrogen (secondary N) is 1. The van der Waals surface area contributed by atoms with E-state index in [-0.39, 0.29) is 6.09 Å². The minimum absolute atomic E-state index is 0.382. The van der Waals surface area contributed by atoms with Gasteiger partial charge >= 0.3 is 6.09 Å². The van der Waals surface area contributed by atoms with Crippen LogP contribution in [0.25, 0.3) is 0 Å². The van der Waals surface area contributed by atoms with Crippen LogP contribution >= 0.6 is 11.6 Å². The Bertz CT molecular complexity index is 692. The molecular formula is C24H32ClNO3. The van der Waals surface area contributed by atoms with Crippen molar-refractivity contribution in [1.29, 1.82) is 0 Å². The highest BCUT2D eigenvalue weighted by Gasteiger charge is 2.15. The van der Waals surface area contributed by atoms with E-state index in [9.17, 15) is 4.79 Å². The lowest BCUT2D eigenvalue weighted by Crippen LogP contribution is -2.33. The maximum atomic E-state index is 11.0. The van der Waals surface area contributed by atoms with Gasteiger partial charge in [-0.25, -0.2) is 4.79 Å². The molecule has 0 aromatic heterocycles. The molecule has 0 saturated heterocycles. The zero-order valence-corrected chi connectivity index (χ0v) is 18.5. The van der Waals surface area contributed by atoms with E-state index >= 15 is 0 Å². The lowest BCUT2D eigenvalue weighted by Gasteiger charge is -2.19. The lowest BCUT2D eigenvalue weighted by molar-refractivity contribution is 0.0528. The first-order chi connectivity index (χ1) is 13.8. The molecule has 4 nitrogen and oxygen atoms in total. The second-order valence-corrected chi connectivity index (χ2v) is 7.44. The van der Waals surface area contributed by atoms with Gasteiger partial charge in [-0.05, 0) is 51.8 Å². The van der Waals surface area contributed by atoms with Gasteiger partial charge in [-0.15, -0.1) is 24.4 Å². The van der Waals surface area contributed by atoms with E-state index in [1.54, 1.807) is 0 Å². The number of hydrogen-bond donors (Lipinski definition) is 1. The Kier molecular flexibility index (Phi) is 13.9. The van der Waals surface area contributed by atoms with Gasteiger partial charge in [0.25, 0.3) is 0 Å². The van der Waals surface area contributed by atoms with Crippen LogP contribution in [0.15, 0.2) is 54.6 Å². The number of rotatable bonds is 6. The highest BCUT2D eigenvalue weighted by molar-refractivity contribution is 6.17. The maximum absolute atomic E-state index is 11.0. The Morgan fingerprint density at radius 2 is 1.62 bits per heavy atom. The Morgan fingerprint density at radius 3 is 2.14 bits per heavy atom. The molecule has 29 heavy (non-hydrogen) atoms. The number of benzene rings is 2. The van der Waals surface area contributed by atoms with Gasteiger partial charge in [0.1, 0.15) is 18.0 Å². The van der Waals surface area contributed by atoms with E-state index in [4.69, 9.17) is 21.1 Å². The summed E-state index contributed by atoms with van der Waals surface area (Å²) in [6.07, 6.45) is 8.38. The first-order valence-corrected chi connectivity index (χ1v) is 9.93. The van der Waals surface area contributed by atoms with Crippen molar-refractivity contribution in [3.05, 3.63) is 65.7 Å². The first kappa shape index (κ1) is 26.4. The molecule has 0 heterocycles. The summed E-state index contributed by atoms with van der Waals surface area (Å²) in [6.45, 7) is 8.75. The van der Waals surface area contributed by atoms with Crippen molar-refractivity contribution in [1.82, 2.24) is 5.32 Å². The van der Waals surface area contributed by atoms with Gasteiger partial charge in [0, 0.05) is 12.4 Å². The molecular weight excluding hydrogens is 386 g/mol. The number of ether oxygens (including phenoxy) is 2. The molecule has 0 fully saturated rings. The van der Waals surface area contributed by atoms with Crippen LogP contribution in [0, 0.1) is 19.8 Å². The number of amides is 1. The predicted molar refractivity (Wildman–Crippen MR) is 121 cm³/mol. The van der Waals surface area contributed by atoms with E-state index in [0.29, 0.717) is 19.0 Å². The molecule has 0 bridgehead atoms. The number of carbonyl (C=O) groups is 1. The molecule has 1 N–H and O–H groups in total. The summed E-state index contributed by atoms with van der Waals surface area (Å²) in [5.74, 6) is 1.47. The van der Waals surface area contributed by atoms with Crippen LogP contribution in [0.5, 0.6) is 5.75 Å². The number of alkyl carbamates (subject to hydrolysis) is 1. The zero-order valence-electron chi connectivity index (χ0n) is 17.8.